The molecule has 0 aliphatic rings. The predicted octanol–water partition coefficient (Wildman–Crippen LogP) is 4.95. The molecule has 0 radical (unpaired) electrons. The first-order chi connectivity index (χ1) is 13.5. The first-order valence-electron chi connectivity index (χ1n) is 8.90. The molecule has 0 N–H and O–H groups in total. The monoisotopic (exact) mass is 418 g/mol. The van der Waals surface area contributed by atoms with Gasteiger partial charge in [0, 0.05) is 21.5 Å². The van der Waals surface area contributed by atoms with Crippen LogP contribution in [0, 0.1) is 18.8 Å². The second kappa shape index (κ2) is 8.80. The van der Waals surface area contributed by atoms with Crippen molar-refractivity contribution in [2.24, 2.45) is 5.18 Å². The van der Waals surface area contributed by atoms with Gasteiger partial charge in [-0.3, -0.25) is 4.79 Å². The molecular weight excluding hydrogens is 396 g/mol. The van der Waals surface area contributed by atoms with Crippen LogP contribution in [0.25, 0.3) is 11.1 Å². The molecule has 0 saturated carbocycles. The van der Waals surface area contributed by atoms with Gasteiger partial charge in [0.2, 0.25) is 0 Å². The fraction of sp³-hybridized carbons (Fsp3) is 0.381. The van der Waals surface area contributed by atoms with Gasteiger partial charge in [0.05, 0.1) is 12.7 Å². The third kappa shape index (κ3) is 5.05. The van der Waals surface area contributed by atoms with Crippen LogP contribution in [-0.2, 0) is 14.3 Å². The summed E-state index contributed by atoms with van der Waals surface area (Å²) >= 11 is 6.02. The van der Waals surface area contributed by atoms with E-state index in [2.05, 4.69) is 10.2 Å². The molecule has 0 spiro atoms. The van der Waals surface area contributed by atoms with E-state index < -0.39 is 23.6 Å². The van der Waals surface area contributed by atoms with E-state index in [4.69, 9.17) is 21.1 Å². The number of rotatable bonds is 5. The lowest BCUT2D eigenvalue weighted by atomic mass is 9.89. The Morgan fingerprint density at radius 1 is 1.14 bits per heavy atom. The number of nitrogens with zero attached hydrogens (tertiary/aromatic N) is 2. The molecule has 0 unspecified atom stereocenters. The van der Waals surface area contributed by atoms with Gasteiger partial charge in [0.25, 0.3) is 0 Å². The highest BCUT2D eigenvalue weighted by Gasteiger charge is 2.34. The Morgan fingerprint density at radius 3 is 2.21 bits per heavy atom. The Labute approximate surface area is 174 Å². The summed E-state index contributed by atoms with van der Waals surface area (Å²) in [6, 6.07) is 6.88. The summed E-state index contributed by atoms with van der Waals surface area (Å²) in [5, 5.41) is 3.03. The lowest BCUT2D eigenvalue weighted by Gasteiger charge is -2.29. The van der Waals surface area contributed by atoms with Gasteiger partial charge in [-0.05, 0) is 63.4 Å². The van der Waals surface area contributed by atoms with Crippen LogP contribution < -0.4 is 0 Å². The number of carbonyl (C=O) groups is 2. The number of nitroso groups, excluding NO2 is 1. The number of benzene rings is 1. The first kappa shape index (κ1) is 22.6. The van der Waals surface area contributed by atoms with E-state index in [0.29, 0.717) is 33.0 Å². The van der Waals surface area contributed by atoms with E-state index in [1.54, 1.807) is 38.1 Å². The Morgan fingerprint density at radius 2 is 1.72 bits per heavy atom. The summed E-state index contributed by atoms with van der Waals surface area (Å²) in [6.07, 6.45) is -1.09. The Hall–Kier alpha value is -2.64. The SMILES string of the molecule is COC(=O)[C@@H](OC(C)(C)C)c1c(C)nc(C(=O)N=O)c(C)c1-c1ccc(Cl)cc1. The Balaban J connectivity index is 2.90. The molecule has 29 heavy (non-hydrogen) atoms. The van der Waals surface area contributed by atoms with Crippen molar-refractivity contribution in [3.05, 3.63) is 56.7 Å². The average Bonchev–Trinajstić information content (AvgIpc) is 2.66. The largest absolute Gasteiger partial charge is 0.467 e. The summed E-state index contributed by atoms with van der Waals surface area (Å²) in [5.41, 5.74) is 1.69. The number of esters is 1. The zero-order valence-electron chi connectivity index (χ0n) is 17.2. The number of ether oxygens (including phenoxy) is 2. The molecule has 2 rings (SSSR count). The van der Waals surface area contributed by atoms with Crippen molar-refractivity contribution in [3.63, 3.8) is 0 Å². The molecular formula is C21H23ClN2O5. The zero-order valence-corrected chi connectivity index (χ0v) is 18.0. The van der Waals surface area contributed by atoms with E-state index in [0.717, 1.165) is 0 Å². The number of carbonyl (C=O) groups excluding carboxylic acids is 2. The molecule has 1 atom stereocenters. The van der Waals surface area contributed by atoms with Gasteiger partial charge < -0.3 is 9.47 Å². The highest BCUT2D eigenvalue weighted by molar-refractivity contribution is 6.30. The molecule has 154 valence electrons. The number of hydrogen-bond donors (Lipinski definition) is 0. The van der Waals surface area contributed by atoms with Gasteiger partial charge in [0.1, 0.15) is 5.69 Å². The van der Waals surface area contributed by atoms with Gasteiger partial charge in [-0.15, -0.1) is 4.91 Å². The molecule has 0 bridgehead atoms. The van der Waals surface area contributed by atoms with Gasteiger partial charge in [-0.2, -0.15) is 0 Å². The minimum Gasteiger partial charge on any atom is -0.467 e. The summed E-state index contributed by atoms with van der Waals surface area (Å²) in [5.74, 6) is -1.59. The molecule has 7 nitrogen and oxygen atoms in total. The second-order valence-corrected chi connectivity index (χ2v) is 7.93. The van der Waals surface area contributed by atoms with E-state index >= 15 is 0 Å². The molecule has 0 saturated heterocycles. The van der Waals surface area contributed by atoms with E-state index in [1.807, 2.05) is 20.8 Å². The van der Waals surface area contributed by atoms with Gasteiger partial charge >= 0.3 is 11.9 Å². The third-order valence-corrected chi connectivity index (χ3v) is 4.49. The van der Waals surface area contributed by atoms with Crippen LogP contribution in [-0.4, -0.2) is 29.6 Å². The summed E-state index contributed by atoms with van der Waals surface area (Å²) in [7, 11) is 1.27. The fourth-order valence-corrected chi connectivity index (χ4v) is 3.19. The maximum Gasteiger partial charge on any atom is 0.339 e. The predicted molar refractivity (Wildman–Crippen MR) is 110 cm³/mol. The molecule has 0 aliphatic heterocycles. The topological polar surface area (TPSA) is 94.9 Å². The number of pyridine rings is 1. The average molecular weight is 419 g/mol. The van der Waals surface area contributed by atoms with Gasteiger partial charge in [-0.25, -0.2) is 9.78 Å². The van der Waals surface area contributed by atoms with Crippen molar-refractivity contribution in [2.45, 2.75) is 46.3 Å². The summed E-state index contributed by atoms with van der Waals surface area (Å²) in [4.78, 5) is 39.8. The molecule has 0 aliphatic carbocycles. The van der Waals surface area contributed by atoms with Crippen LogP contribution >= 0.6 is 11.6 Å². The fourth-order valence-electron chi connectivity index (χ4n) is 3.06. The minimum atomic E-state index is -1.09. The minimum absolute atomic E-state index is 0.0782. The van der Waals surface area contributed by atoms with Crippen LogP contribution in [0.5, 0.6) is 0 Å². The lowest BCUT2D eigenvalue weighted by Crippen LogP contribution is -2.29. The van der Waals surface area contributed by atoms with Crippen molar-refractivity contribution in [3.8, 4) is 11.1 Å². The smallest absolute Gasteiger partial charge is 0.339 e. The number of amides is 1. The van der Waals surface area contributed by atoms with E-state index in [-0.39, 0.29) is 5.69 Å². The van der Waals surface area contributed by atoms with Crippen molar-refractivity contribution in [1.82, 2.24) is 4.98 Å². The number of methoxy groups -OCH3 is 1. The molecule has 0 fully saturated rings. The van der Waals surface area contributed by atoms with Crippen molar-refractivity contribution in [2.75, 3.05) is 7.11 Å². The van der Waals surface area contributed by atoms with Crippen molar-refractivity contribution >= 4 is 23.5 Å². The van der Waals surface area contributed by atoms with Crippen LogP contribution in [0.4, 0.5) is 0 Å². The number of aromatic nitrogens is 1. The Bertz CT molecular complexity index is 949. The van der Waals surface area contributed by atoms with Gasteiger partial charge in [-0.1, -0.05) is 23.7 Å². The second-order valence-electron chi connectivity index (χ2n) is 7.50. The lowest BCUT2D eigenvalue weighted by molar-refractivity contribution is -0.164. The number of hydrogen-bond acceptors (Lipinski definition) is 6. The van der Waals surface area contributed by atoms with Crippen LogP contribution in [0.3, 0.4) is 0 Å². The quantitative estimate of drug-likeness (QED) is 0.503. The number of aryl methyl sites for hydroxylation is 1. The number of halogens is 1. The third-order valence-electron chi connectivity index (χ3n) is 4.24. The van der Waals surface area contributed by atoms with E-state index in [9.17, 15) is 14.5 Å². The van der Waals surface area contributed by atoms with Crippen molar-refractivity contribution in [1.29, 1.82) is 0 Å². The molecule has 1 aromatic heterocycles. The first-order valence-corrected chi connectivity index (χ1v) is 9.28. The van der Waals surface area contributed by atoms with Gasteiger partial charge in [0.15, 0.2) is 6.10 Å². The summed E-state index contributed by atoms with van der Waals surface area (Å²) in [6.45, 7) is 8.72. The molecule has 1 amide bonds. The maximum absolute atomic E-state index is 12.6. The van der Waals surface area contributed by atoms with Crippen molar-refractivity contribution < 1.29 is 19.1 Å². The normalized spacial score (nSPS) is 12.4. The molecule has 8 heteroatoms. The van der Waals surface area contributed by atoms with E-state index in [1.165, 1.54) is 7.11 Å². The highest BCUT2D eigenvalue weighted by Crippen LogP contribution is 2.38. The van der Waals surface area contributed by atoms with Crippen LogP contribution in [0.2, 0.25) is 5.02 Å². The van der Waals surface area contributed by atoms with Crippen LogP contribution in [0.1, 0.15) is 54.2 Å². The molecule has 2 aromatic rings. The highest BCUT2D eigenvalue weighted by atomic mass is 35.5. The maximum atomic E-state index is 12.6. The molecule has 1 heterocycles. The van der Waals surface area contributed by atoms with Crippen LogP contribution in [0.15, 0.2) is 29.4 Å². The standard InChI is InChI=1S/C21H23ClN2O5/c1-11-15(13-7-9-14(22)10-8-13)16(12(2)23-17(11)19(25)24-27)18(20(26)28-6)29-21(3,4)5/h7-10,18H,1-6H3/t18-/m0/s1. The molecule has 1 aromatic carbocycles. The zero-order chi connectivity index (χ0) is 21.9. The summed E-state index contributed by atoms with van der Waals surface area (Å²) < 4.78 is 11.0. The Kier molecular flexibility index (Phi) is 6.87.